The third-order valence-electron chi connectivity index (χ3n) is 3.07. The molecule has 0 heterocycles. The van der Waals surface area contributed by atoms with Crippen LogP contribution in [0.25, 0.3) is 10.8 Å². The second-order valence-electron chi connectivity index (χ2n) is 4.52. The van der Waals surface area contributed by atoms with E-state index < -0.39 is 0 Å². The summed E-state index contributed by atoms with van der Waals surface area (Å²) >= 11 is 0. The molecule has 2 rings (SSSR count). The monoisotopic (exact) mass is 229 g/mol. The first kappa shape index (κ1) is 11.9. The zero-order chi connectivity index (χ0) is 12.4. The van der Waals surface area contributed by atoms with Gasteiger partial charge < -0.3 is 10.5 Å². The maximum atomic E-state index is 5.62. The third-order valence-corrected chi connectivity index (χ3v) is 3.07. The molecule has 2 aromatic rings. The van der Waals surface area contributed by atoms with Crippen molar-refractivity contribution in [3.63, 3.8) is 0 Å². The van der Waals surface area contributed by atoms with Gasteiger partial charge in [0.1, 0.15) is 5.75 Å². The summed E-state index contributed by atoms with van der Waals surface area (Å²) in [5.41, 5.74) is 9.39. The zero-order valence-electron chi connectivity index (χ0n) is 10.7. The molecule has 0 atom stereocenters. The molecule has 0 saturated heterocycles. The van der Waals surface area contributed by atoms with Gasteiger partial charge in [-0.25, -0.2) is 0 Å². The van der Waals surface area contributed by atoms with Crippen molar-refractivity contribution in [2.24, 2.45) is 5.73 Å². The minimum absolute atomic E-state index is 0.666. The zero-order valence-corrected chi connectivity index (χ0v) is 10.7. The first-order chi connectivity index (χ1) is 8.15. The smallest absolute Gasteiger partial charge is 0.127 e. The van der Waals surface area contributed by atoms with Crippen LogP contribution >= 0.6 is 0 Å². The molecule has 0 aliphatic carbocycles. The van der Waals surface area contributed by atoms with Crippen LogP contribution < -0.4 is 10.5 Å². The number of methoxy groups -OCH3 is 1. The van der Waals surface area contributed by atoms with Gasteiger partial charge in [0, 0.05) is 5.39 Å². The number of nitrogens with two attached hydrogens (primary N) is 1. The SMILES string of the molecule is COc1cc(CCN)cc2cc(C)cc(C)c12. The van der Waals surface area contributed by atoms with Crippen molar-refractivity contribution >= 4 is 10.8 Å². The first-order valence-corrected chi connectivity index (χ1v) is 5.93. The average Bonchev–Trinajstić information content (AvgIpc) is 2.27. The van der Waals surface area contributed by atoms with Crippen LogP contribution in [-0.2, 0) is 6.42 Å². The molecule has 2 aromatic carbocycles. The van der Waals surface area contributed by atoms with Crippen molar-refractivity contribution in [2.75, 3.05) is 13.7 Å². The summed E-state index contributed by atoms with van der Waals surface area (Å²) in [5, 5.41) is 2.45. The molecule has 17 heavy (non-hydrogen) atoms. The number of aryl methyl sites for hydroxylation is 2. The molecule has 0 spiro atoms. The molecule has 0 aliphatic rings. The van der Waals surface area contributed by atoms with Gasteiger partial charge in [-0.1, -0.05) is 23.8 Å². The first-order valence-electron chi connectivity index (χ1n) is 5.93. The fourth-order valence-corrected chi connectivity index (χ4v) is 2.40. The number of hydrogen-bond acceptors (Lipinski definition) is 2. The van der Waals surface area contributed by atoms with Crippen molar-refractivity contribution in [1.82, 2.24) is 0 Å². The summed E-state index contributed by atoms with van der Waals surface area (Å²) < 4.78 is 5.49. The van der Waals surface area contributed by atoms with Gasteiger partial charge in [-0.05, 0) is 49.4 Å². The standard InChI is InChI=1S/C15H19NO/c1-10-6-11(2)15-13(7-10)8-12(4-5-16)9-14(15)17-3/h6-9H,4-5,16H2,1-3H3. The van der Waals surface area contributed by atoms with E-state index in [1.807, 2.05) is 0 Å². The molecule has 2 nitrogen and oxygen atoms in total. The predicted octanol–water partition coefficient (Wildman–Crippen LogP) is 2.97. The number of ether oxygens (including phenoxy) is 1. The van der Waals surface area contributed by atoms with Gasteiger partial charge in [-0.2, -0.15) is 0 Å². The summed E-state index contributed by atoms with van der Waals surface area (Å²) in [6, 6.07) is 8.70. The summed E-state index contributed by atoms with van der Waals surface area (Å²) in [6.07, 6.45) is 0.888. The minimum Gasteiger partial charge on any atom is -0.496 e. The molecule has 0 saturated carbocycles. The van der Waals surface area contributed by atoms with E-state index in [0.29, 0.717) is 6.54 Å². The molecular weight excluding hydrogens is 210 g/mol. The van der Waals surface area contributed by atoms with E-state index >= 15 is 0 Å². The van der Waals surface area contributed by atoms with Gasteiger partial charge in [0.25, 0.3) is 0 Å². The number of hydrogen-bond donors (Lipinski definition) is 1. The Morgan fingerprint density at radius 3 is 2.53 bits per heavy atom. The number of fused-ring (bicyclic) bond motifs is 1. The summed E-state index contributed by atoms with van der Waals surface area (Å²) in [6.45, 7) is 4.91. The van der Waals surface area contributed by atoms with Gasteiger partial charge in [-0.3, -0.25) is 0 Å². The summed E-state index contributed by atoms with van der Waals surface area (Å²) in [5.74, 6) is 0.948. The van der Waals surface area contributed by atoms with Gasteiger partial charge in [0.15, 0.2) is 0 Å². The van der Waals surface area contributed by atoms with Crippen LogP contribution in [0, 0.1) is 13.8 Å². The van der Waals surface area contributed by atoms with Crippen LogP contribution in [0.3, 0.4) is 0 Å². The molecule has 0 radical (unpaired) electrons. The Kier molecular flexibility index (Phi) is 3.34. The van der Waals surface area contributed by atoms with E-state index in [-0.39, 0.29) is 0 Å². The van der Waals surface area contributed by atoms with E-state index in [9.17, 15) is 0 Å². The highest BCUT2D eigenvalue weighted by Crippen LogP contribution is 2.31. The molecule has 0 bridgehead atoms. The van der Waals surface area contributed by atoms with Crippen molar-refractivity contribution in [3.05, 3.63) is 41.0 Å². The Balaban J connectivity index is 2.73. The van der Waals surface area contributed by atoms with Gasteiger partial charge in [-0.15, -0.1) is 0 Å². The molecule has 0 aromatic heterocycles. The fourth-order valence-electron chi connectivity index (χ4n) is 2.40. The van der Waals surface area contributed by atoms with Crippen LogP contribution in [-0.4, -0.2) is 13.7 Å². The largest absolute Gasteiger partial charge is 0.496 e. The Bertz CT molecular complexity index is 546. The van der Waals surface area contributed by atoms with Crippen LogP contribution in [0.15, 0.2) is 24.3 Å². The lowest BCUT2D eigenvalue weighted by molar-refractivity contribution is 0.419. The van der Waals surface area contributed by atoms with Gasteiger partial charge >= 0.3 is 0 Å². The summed E-state index contributed by atoms with van der Waals surface area (Å²) in [4.78, 5) is 0. The lowest BCUT2D eigenvalue weighted by Crippen LogP contribution is -2.03. The number of rotatable bonds is 3. The fraction of sp³-hybridized carbons (Fsp3) is 0.333. The number of benzene rings is 2. The maximum absolute atomic E-state index is 5.62. The van der Waals surface area contributed by atoms with Crippen molar-refractivity contribution < 1.29 is 4.74 Å². The topological polar surface area (TPSA) is 35.2 Å². The molecule has 0 aliphatic heterocycles. The van der Waals surface area contributed by atoms with E-state index in [0.717, 1.165) is 12.2 Å². The molecular formula is C15H19NO. The van der Waals surface area contributed by atoms with Crippen LogP contribution in [0.1, 0.15) is 16.7 Å². The maximum Gasteiger partial charge on any atom is 0.127 e. The molecule has 2 heteroatoms. The Labute approximate surface area is 102 Å². The van der Waals surface area contributed by atoms with E-state index in [1.54, 1.807) is 7.11 Å². The van der Waals surface area contributed by atoms with E-state index in [2.05, 4.69) is 38.1 Å². The Morgan fingerprint density at radius 2 is 1.88 bits per heavy atom. The predicted molar refractivity (Wildman–Crippen MR) is 72.7 cm³/mol. The average molecular weight is 229 g/mol. The molecule has 90 valence electrons. The van der Waals surface area contributed by atoms with Crippen LogP contribution in [0.2, 0.25) is 0 Å². The lowest BCUT2D eigenvalue weighted by atomic mass is 9.98. The highest BCUT2D eigenvalue weighted by molar-refractivity contribution is 5.92. The second kappa shape index (κ2) is 4.76. The van der Waals surface area contributed by atoms with Crippen LogP contribution in [0.5, 0.6) is 5.75 Å². The summed E-state index contributed by atoms with van der Waals surface area (Å²) in [7, 11) is 1.72. The quantitative estimate of drug-likeness (QED) is 0.878. The second-order valence-corrected chi connectivity index (χ2v) is 4.52. The van der Waals surface area contributed by atoms with Crippen molar-refractivity contribution in [1.29, 1.82) is 0 Å². The molecule has 2 N–H and O–H groups in total. The van der Waals surface area contributed by atoms with Crippen LogP contribution in [0.4, 0.5) is 0 Å². The van der Waals surface area contributed by atoms with E-state index in [4.69, 9.17) is 10.5 Å². The molecule has 0 fully saturated rings. The lowest BCUT2D eigenvalue weighted by Gasteiger charge is -2.12. The molecule has 0 unspecified atom stereocenters. The van der Waals surface area contributed by atoms with Crippen molar-refractivity contribution in [3.8, 4) is 5.75 Å². The highest BCUT2D eigenvalue weighted by Gasteiger charge is 2.07. The minimum atomic E-state index is 0.666. The normalized spacial score (nSPS) is 10.8. The Morgan fingerprint density at radius 1 is 1.12 bits per heavy atom. The molecule has 0 amide bonds. The Hall–Kier alpha value is -1.54. The van der Waals surface area contributed by atoms with Gasteiger partial charge in [0.2, 0.25) is 0 Å². The van der Waals surface area contributed by atoms with E-state index in [1.165, 1.54) is 27.5 Å². The van der Waals surface area contributed by atoms with Gasteiger partial charge in [0.05, 0.1) is 7.11 Å². The third kappa shape index (κ3) is 2.27. The van der Waals surface area contributed by atoms with Crippen molar-refractivity contribution in [2.45, 2.75) is 20.3 Å². The highest BCUT2D eigenvalue weighted by atomic mass is 16.5.